The fourth-order valence-corrected chi connectivity index (χ4v) is 5.36. The van der Waals surface area contributed by atoms with Crippen molar-refractivity contribution < 1.29 is 29.3 Å². The summed E-state index contributed by atoms with van der Waals surface area (Å²) < 4.78 is 5.83. The number of para-hydroxylation sites is 1. The van der Waals surface area contributed by atoms with E-state index < -0.39 is 17.9 Å². The number of esters is 1. The molecule has 7 heteroatoms. The molecule has 226 valence electrons. The predicted molar refractivity (Wildman–Crippen MR) is 169 cm³/mol. The molecule has 43 heavy (non-hydrogen) atoms. The second kappa shape index (κ2) is 12.1. The average Bonchev–Trinajstić information content (AvgIpc) is 2.94. The van der Waals surface area contributed by atoms with Crippen molar-refractivity contribution in [2.75, 3.05) is 5.32 Å². The first-order chi connectivity index (χ1) is 20.1. The largest absolute Gasteiger partial charge is 0.507 e. The second-order valence-electron chi connectivity index (χ2n) is 13.3. The molecule has 3 aromatic carbocycles. The summed E-state index contributed by atoms with van der Waals surface area (Å²) >= 11 is 0. The number of phenolic OH excluding ortho intramolecular Hbond substituents is 2. The quantitative estimate of drug-likeness (QED) is 0.110. The van der Waals surface area contributed by atoms with Crippen molar-refractivity contribution in [2.24, 2.45) is 5.92 Å². The van der Waals surface area contributed by atoms with Crippen LogP contribution in [0, 0.1) is 5.92 Å². The Kier molecular flexibility index (Phi) is 8.86. The summed E-state index contributed by atoms with van der Waals surface area (Å²) in [4.78, 5) is 37.9. The number of anilines is 1. The van der Waals surface area contributed by atoms with Crippen molar-refractivity contribution in [3.8, 4) is 17.2 Å². The molecule has 2 atom stereocenters. The van der Waals surface area contributed by atoms with Gasteiger partial charge in [0.25, 0.3) is 0 Å². The van der Waals surface area contributed by atoms with Gasteiger partial charge in [0.1, 0.15) is 11.5 Å². The third-order valence-electron chi connectivity index (χ3n) is 7.88. The molecular formula is C36H41NO6. The van der Waals surface area contributed by atoms with Crippen molar-refractivity contribution in [1.29, 1.82) is 0 Å². The van der Waals surface area contributed by atoms with E-state index >= 15 is 0 Å². The maximum Gasteiger partial charge on any atom is 0.311 e. The Balaban J connectivity index is 1.51. The minimum Gasteiger partial charge on any atom is -0.507 e. The molecule has 1 aliphatic heterocycles. The average molecular weight is 584 g/mol. The summed E-state index contributed by atoms with van der Waals surface area (Å²) in [5.74, 6) is -1.01. The van der Waals surface area contributed by atoms with Gasteiger partial charge in [-0.3, -0.25) is 14.4 Å². The molecule has 3 N–H and O–H groups in total. The summed E-state index contributed by atoms with van der Waals surface area (Å²) in [5.41, 5.74) is 3.61. The van der Waals surface area contributed by atoms with Crippen LogP contribution in [0.25, 0.3) is 6.08 Å². The topological polar surface area (TPSA) is 113 Å². The first-order valence-corrected chi connectivity index (χ1v) is 14.6. The van der Waals surface area contributed by atoms with E-state index in [1.54, 1.807) is 19.1 Å². The molecule has 0 amide bonds. The van der Waals surface area contributed by atoms with Crippen LogP contribution >= 0.6 is 0 Å². The number of aldehydes is 1. The van der Waals surface area contributed by atoms with Crippen LogP contribution < -0.4 is 10.1 Å². The highest BCUT2D eigenvalue weighted by molar-refractivity contribution is 6.06. The number of aryl methyl sites for hydroxylation is 1. The van der Waals surface area contributed by atoms with Crippen LogP contribution in [0.4, 0.5) is 5.69 Å². The van der Waals surface area contributed by atoms with Crippen LogP contribution in [0.2, 0.25) is 0 Å². The summed E-state index contributed by atoms with van der Waals surface area (Å²) in [7, 11) is 0. The predicted octanol–water partition coefficient (Wildman–Crippen LogP) is 7.37. The summed E-state index contributed by atoms with van der Waals surface area (Å²) in [5, 5.41) is 24.6. The van der Waals surface area contributed by atoms with Crippen LogP contribution in [0.5, 0.6) is 17.2 Å². The van der Waals surface area contributed by atoms with Crippen LogP contribution in [0.15, 0.2) is 54.6 Å². The molecule has 1 heterocycles. The van der Waals surface area contributed by atoms with Gasteiger partial charge in [-0.05, 0) is 46.1 Å². The number of nitrogens with one attached hydrogen (secondary N) is 1. The fourth-order valence-electron chi connectivity index (χ4n) is 5.36. The van der Waals surface area contributed by atoms with Crippen molar-refractivity contribution in [2.45, 2.75) is 78.2 Å². The molecule has 4 rings (SSSR count). The molecule has 3 aromatic rings. The van der Waals surface area contributed by atoms with Crippen LogP contribution in [0.1, 0.15) is 97.9 Å². The molecule has 7 nitrogen and oxygen atoms in total. The van der Waals surface area contributed by atoms with E-state index in [0.717, 1.165) is 22.3 Å². The molecular weight excluding hydrogens is 542 g/mol. The molecule has 0 saturated carbocycles. The Morgan fingerprint density at radius 1 is 0.977 bits per heavy atom. The fraction of sp³-hybridized carbons (Fsp3) is 0.361. The van der Waals surface area contributed by atoms with Crippen LogP contribution in [0.3, 0.4) is 0 Å². The maximum absolute atomic E-state index is 13.3. The summed E-state index contributed by atoms with van der Waals surface area (Å²) in [6, 6.07) is 13.3. The molecule has 1 aliphatic rings. The summed E-state index contributed by atoms with van der Waals surface area (Å²) in [6.45, 7) is 14.0. The van der Waals surface area contributed by atoms with E-state index in [2.05, 4.69) is 46.9 Å². The number of carbonyl (C=O) groups is 3. The van der Waals surface area contributed by atoms with Gasteiger partial charge in [0, 0.05) is 23.5 Å². The van der Waals surface area contributed by atoms with Gasteiger partial charge >= 0.3 is 5.97 Å². The third-order valence-corrected chi connectivity index (χ3v) is 7.88. The number of ether oxygens (including phenoxy) is 1. The number of hydrogen-bond donors (Lipinski definition) is 3. The van der Waals surface area contributed by atoms with E-state index in [0.29, 0.717) is 29.9 Å². The Hall–Kier alpha value is -4.39. The van der Waals surface area contributed by atoms with Gasteiger partial charge in [0.2, 0.25) is 0 Å². The SMILES string of the molecule is CC(C(=O)c1c(O)cccc1C=O)C1C=Cc2cccc(OC(=O)CCc3cc(C(C)(C)C)c(O)c(C(C)(C)C)c3)c2N1. The number of ketones is 1. The minimum atomic E-state index is -0.635. The number of carbonyl (C=O) groups excluding carboxylic acids is 3. The van der Waals surface area contributed by atoms with E-state index in [4.69, 9.17) is 4.74 Å². The number of fused-ring (bicyclic) bond motifs is 1. The highest BCUT2D eigenvalue weighted by Crippen LogP contribution is 2.40. The number of Topliss-reactive ketones (excluding diaryl/α,β-unsaturated/α-hetero) is 1. The monoisotopic (exact) mass is 583 g/mol. The first-order valence-electron chi connectivity index (χ1n) is 14.6. The van der Waals surface area contributed by atoms with Crippen LogP contribution in [-0.4, -0.2) is 34.3 Å². The van der Waals surface area contributed by atoms with Gasteiger partial charge in [-0.15, -0.1) is 0 Å². The zero-order valence-corrected chi connectivity index (χ0v) is 25.9. The van der Waals surface area contributed by atoms with Gasteiger partial charge < -0.3 is 20.3 Å². The van der Waals surface area contributed by atoms with Crippen molar-refractivity contribution in [1.82, 2.24) is 0 Å². The first kappa shape index (κ1) is 31.5. The van der Waals surface area contributed by atoms with Crippen LogP contribution in [-0.2, 0) is 22.0 Å². The lowest BCUT2D eigenvalue weighted by Gasteiger charge is -2.28. The highest BCUT2D eigenvalue weighted by atomic mass is 16.5. The van der Waals surface area contributed by atoms with Crippen molar-refractivity contribution in [3.05, 3.63) is 88.0 Å². The lowest BCUT2D eigenvalue weighted by atomic mass is 9.78. The number of hydrogen-bond acceptors (Lipinski definition) is 7. The molecule has 0 spiro atoms. The maximum atomic E-state index is 13.3. The zero-order chi connectivity index (χ0) is 31.7. The van der Waals surface area contributed by atoms with E-state index in [-0.39, 0.29) is 39.9 Å². The lowest BCUT2D eigenvalue weighted by Crippen LogP contribution is -2.33. The molecule has 0 aromatic heterocycles. The third kappa shape index (κ3) is 6.82. The van der Waals surface area contributed by atoms with Crippen molar-refractivity contribution >= 4 is 29.8 Å². The Labute approximate surface area is 253 Å². The molecule has 0 bridgehead atoms. The molecule has 0 fully saturated rings. The van der Waals surface area contributed by atoms with Gasteiger partial charge in [-0.1, -0.05) is 97.0 Å². The number of aromatic hydroxyl groups is 2. The molecule has 0 radical (unpaired) electrons. The normalized spacial score (nSPS) is 15.3. The van der Waals surface area contributed by atoms with Gasteiger partial charge in [-0.2, -0.15) is 0 Å². The molecule has 0 saturated heterocycles. The molecule has 2 unspecified atom stereocenters. The van der Waals surface area contributed by atoms with Gasteiger partial charge in [0.15, 0.2) is 17.8 Å². The lowest BCUT2D eigenvalue weighted by molar-refractivity contribution is -0.134. The smallest absolute Gasteiger partial charge is 0.311 e. The number of phenols is 2. The number of rotatable bonds is 8. The standard InChI is InChI=1S/C36H41NO6/c1-21(33(41)31-24(20-38)11-8-12-28(31)39)27-16-15-23-10-9-13-29(32(23)37-27)43-30(40)17-14-22-18-25(35(2,3)4)34(42)26(19-22)36(5,6)7/h8-13,15-16,18-21,27,37,39,42H,14,17H2,1-7H3. The summed E-state index contributed by atoms with van der Waals surface area (Å²) in [6.07, 6.45) is 4.85. The minimum absolute atomic E-state index is 0.0100. The van der Waals surface area contributed by atoms with Gasteiger partial charge in [-0.25, -0.2) is 0 Å². The van der Waals surface area contributed by atoms with Gasteiger partial charge in [0.05, 0.1) is 17.3 Å². The van der Waals surface area contributed by atoms with E-state index in [9.17, 15) is 24.6 Å². The Bertz CT molecular complexity index is 1550. The van der Waals surface area contributed by atoms with E-state index in [1.165, 1.54) is 18.2 Å². The highest BCUT2D eigenvalue weighted by Gasteiger charge is 2.30. The number of benzene rings is 3. The second-order valence-corrected chi connectivity index (χ2v) is 13.3. The zero-order valence-electron chi connectivity index (χ0n) is 25.9. The Morgan fingerprint density at radius 2 is 1.60 bits per heavy atom. The Morgan fingerprint density at radius 3 is 2.21 bits per heavy atom. The van der Waals surface area contributed by atoms with Crippen molar-refractivity contribution in [3.63, 3.8) is 0 Å². The molecule has 0 aliphatic carbocycles. The van der Waals surface area contributed by atoms with E-state index in [1.807, 2.05) is 30.4 Å².